The molecule has 114 valence electrons. The molecular weight excluding hydrogens is 272 g/mol. The molecule has 0 aliphatic carbocycles. The Morgan fingerprint density at radius 3 is 2.24 bits per heavy atom. The summed E-state index contributed by atoms with van der Waals surface area (Å²) in [6.45, 7) is 3.70. The Morgan fingerprint density at radius 1 is 1.24 bits per heavy atom. The highest BCUT2D eigenvalue weighted by atomic mass is 16.4. The number of carbonyl (C=O) groups is 2. The Bertz CT molecular complexity index is 550. The number of hydrogen-bond acceptors (Lipinski definition) is 4. The number of hydrogen-bond donors (Lipinski definition) is 4. The first-order valence-corrected chi connectivity index (χ1v) is 6.40. The topological polar surface area (TPSA) is 117 Å². The standard InChI is InChI=1S/C14H20N4O3/c1-14(2,13(20)16-3)8-17-12(19)10-6-4-9(5-7-10)11(15)18-21/h4-7,21H,8H2,1-3H3,(H2,15,18)(H,16,20)(H,17,19). The number of benzene rings is 1. The summed E-state index contributed by atoms with van der Waals surface area (Å²) in [4.78, 5) is 23.6. The maximum absolute atomic E-state index is 12.0. The number of nitrogens with two attached hydrogens (primary N) is 1. The molecule has 0 aliphatic heterocycles. The van der Waals surface area contributed by atoms with Gasteiger partial charge in [0.15, 0.2) is 5.84 Å². The molecule has 1 rings (SSSR count). The maximum Gasteiger partial charge on any atom is 0.251 e. The lowest BCUT2D eigenvalue weighted by atomic mass is 9.92. The van der Waals surface area contributed by atoms with E-state index in [-0.39, 0.29) is 24.2 Å². The van der Waals surface area contributed by atoms with Crippen molar-refractivity contribution in [3.63, 3.8) is 0 Å². The number of nitrogens with zero attached hydrogens (tertiary/aromatic N) is 1. The molecular formula is C14H20N4O3. The van der Waals surface area contributed by atoms with Crippen LogP contribution in [0.1, 0.15) is 29.8 Å². The molecule has 7 nitrogen and oxygen atoms in total. The molecule has 0 fully saturated rings. The van der Waals surface area contributed by atoms with Gasteiger partial charge in [-0.25, -0.2) is 0 Å². The van der Waals surface area contributed by atoms with Gasteiger partial charge in [-0.05, 0) is 26.0 Å². The van der Waals surface area contributed by atoms with Gasteiger partial charge in [-0.3, -0.25) is 9.59 Å². The molecule has 1 aromatic rings. The maximum atomic E-state index is 12.0. The molecule has 0 bridgehead atoms. The van der Waals surface area contributed by atoms with Crippen molar-refractivity contribution in [2.75, 3.05) is 13.6 Å². The fraction of sp³-hybridized carbons (Fsp3) is 0.357. The van der Waals surface area contributed by atoms with Crippen molar-refractivity contribution >= 4 is 17.6 Å². The highest BCUT2D eigenvalue weighted by Crippen LogP contribution is 2.13. The molecule has 0 saturated heterocycles. The Hall–Kier alpha value is -2.57. The van der Waals surface area contributed by atoms with Gasteiger partial charge >= 0.3 is 0 Å². The van der Waals surface area contributed by atoms with Crippen molar-refractivity contribution in [3.05, 3.63) is 35.4 Å². The molecule has 21 heavy (non-hydrogen) atoms. The molecule has 5 N–H and O–H groups in total. The average molecular weight is 292 g/mol. The van der Waals surface area contributed by atoms with Crippen molar-refractivity contribution in [2.45, 2.75) is 13.8 Å². The number of carbonyl (C=O) groups excluding carboxylic acids is 2. The van der Waals surface area contributed by atoms with E-state index in [1.165, 1.54) is 0 Å². The first-order valence-electron chi connectivity index (χ1n) is 6.40. The van der Waals surface area contributed by atoms with Crippen molar-refractivity contribution in [2.24, 2.45) is 16.3 Å². The van der Waals surface area contributed by atoms with Gasteiger partial charge < -0.3 is 21.6 Å². The molecule has 0 saturated carbocycles. The van der Waals surface area contributed by atoms with E-state index in [0.717, 1.165) is 0 Å². The molecule has 0 spiro atoms. The second-order valence-electron chi connectivity index (χ2n) is 5.21. The van der Waals surface area contributed by atoms with E-state index < -0.39 is 5.41 Å². The van der Waals surface area contributed by atoms with Crippen LogP contribution >= 0.6 is 0 Å². The normalized spacial score (nSPS) is 11.9. The monoisotopic (exact) mass is 292 g/mol. The quantitative estimate of drug-likeness (QED) is 0.270. The highest BCUT2D eigenvalue weighted by Gasteiger charge is 2.27. The smallest absolute Gasteiger partial charge is 0.251 e. The minimum atomic E-state index is -0.696. The zero-order valence-electron chi connectivity index (χ0n) is 12.3. The zero-order valence-corrected chi connectivity index (χ0v) is 12.3. The van der Waals surface area contributed by atoms with Crippen LogP contribution in [-0.4, -0.2) is 36.4 Å². The molecule has 0 atom stereocenters. The van der Waals surface area contributed by atoms with Gasteiger partial charge in [0.2, 0.25) is 5.91 Å². The molecule has 1 aromatic carbocycles. The van der Waals surface area contributed by atoms with Crippen molar-refractivity contribution < 1.29 is 14.8 Å². The summed E-state index contributed by atoms with van der Waals surface area (Å²) in [7, 11) is 1.55. The molecule has 0 aliphatic rings. The molecule has 7 heteroatoms. The van der Waals surface area contributed by atoms with Gasteiger partial charge in [0, 0.05) is 24.7 Å². The van der Waals surface area contributed by atoms with E-state index in [1.807, 2.05) is 0 Å². The first kappa shape index (κ1) is 16.5. The molecule has 0 aromatic heterocycles. The van der Waals surface area contributed by atoms with Crippen LogP contribution in [0, 0.1) is 5.41 Å². The minimum absolute atomic E-state index is 0.0253. The average Bonchev–Trinajstić information content (AvgIpc) is 2.51. The lowest BCUT2D eigenvalue weighted by molar-refractivity contribution is -0.128. The second-order valence-corrected chi connectivity index (χ2v) is 5.21. The van der Waals surface area contributed by atoms with Gasteiger partial charge in [-0.15, -0.1) is 0 Å². The number of nitrogens with one attached hydrogen (secondary N) is 2. The van der Waals surface area contributed by atoms with Gasteiger partial charge in [-0.1, -0.05) is 17.3 Å². The summed E-state index contributed by atoms with van der Waals surface area (Å²) in [5.41, 5.74) is 5.69. The summed E-state index contributed by atoms with van der Waals surface area (Å²) >= 11 is 0. The van der Waals surface area contributed by atoms with E-state index in [0.29, 0.717) is 11.1 Å². The largest absolute Gasteiger partial charge is 0.409 e. The van der Waals surface area contributed by atoms with Crippen LogP contribution in [0.15, 0.2) is 29.4 Å². The Balaban J connectivity index is 2.71. The summed E-state index contributed by atoms with van der Waals surface area (Å²) in [6, 6.07) is 6.28. The fourth-order valence-electron chi connectivity index (χ4n) is 1.67. The lowest BCUT2D eigenvalue weighted by Crippen LogP contribution is -2.43. The summed E-state index contributed by atoms with van der Waals surface area (Å²) < 4.78 is 0. The first-order chi connectivity index (χ1) is 9.81. The predicted octanol–water partition coefficient (Wildman–Crippen LogP) is 0.283. The Morgan fingerprint density at radius 2 is 1.76 bits per heavy atom. The number of oxime groups is 1. The van der Waals surface area contributed by atoms with E-state index in [4.69, 9.17) is 10.9 Å². The Kier molecular flexibility index (Phi) is 5.29. The van der Waals surface area contributed by atoms with E-state index in [2.05, 4.69) is 15.8 Å². The SMILES string of the molecule is CNC(=O)C(C)(C)CNC(=O)c1ccc(/C(N)=N/O)cc1. The van der Waals surface area contributed by atoms with Gasteiger partial charge in [-0.2, -0.15) is 0 Å². The van der Waals surface area contributed by atoms with Gasteiger partial charge in [0.25, 0.3) is 5.91 Å². The number of amides is 2. The van der Waals surface area contributed by atoms with E-state index >= 15 is 0 Å². The molecule has 0 radical (unpaired) electrons. The van der Waals surface area contributed by atoms with Gasteiger partial charge in [0.05, 0.1) is 5.41 Å². The summed E-state index contributed by atoms with van der Waals surface area (Å²) in [6.07, 6.45) is 0. The summed E-state index contributed by atoms with van der Waals surface area (Å²) in [5, 5.41) is 16.7. The van der Waals surface area contributed by atoms with Crippen LogP contribution in [0.2, 0.25) is 0 Å². The second kappa shape index (κ2) is 6.74. The zero-order chi connectivity index (χ0) is 16.0. The lowest BCUT2D eigenvalue weighted by Gasteiger charge is -2.22. The third kappa shape index (κ3) is 4.20. The number of rotatable bonds is 5. The van der Waals surface area contributed by atoms with Crippen molar-refractivity contribution in [3.8, 4) is 0 Å². The van der Waals surface area contributed by atoms with E-state index in [1.54, 1.807) is 45.2 Å². The molecule has 0 unspecified atom stereocenters. The predicted molar refractivity (Wildman–Crippen MR) is 79.1 cm³/mol. The fourth-order valence-corrected chi connectivity index (χ4v) is 1.67. The van der Waals surface area contributed by atoms with Crippen LogP contribution in [0.25, 0.3) is 0 Å². The van der Waals surface area contributed by atoms with Crippen LogP contribution < -0.4 is 16.4 Å². The van der Waals surface area contributed by atoms with Crippen LogP contribution in [0.3, 0.4) is 0 Å². The van der Waals surface area contributed by atoms with Gasteiger partial charge in [0.1, 0.15) is 0 Å². The summed E-state index contributed by atoms with van der Waals surface area (Å²) in [5.74, 6) is -0.467. The van der Waals surface area contributed by atoms with Crippen LogP contribution in [-0.2, 0) is 4.79 Å². The van der Waals surface area contributed by atoms with Crippen molar-refractivity contribution in [1.82, 2.24) is 10.6 Å². The molecule has 0 heterocycles. The Labute approximate surface area is 123 Å². The van der Waals surface area contributed by atoms with Crippen LogP contribution in [0.5, 0.6) is 0 Å². The number of amidine groups is 1. The van der Waals surface area contributed by atoms with Crippen LogP contribution in [0.4, 0.5) is 0 Å². The molecule has 2 amide bonds. The third-order valence-corrected chi connectivity index (χ3v) is 3.08. The van der Waals surface area contributed by atoms with Crippen molar-refractivity contribution in [1.29, 1.82) is 0 Å². The third-order valence-electron chi connectivity index (χ3n) is 3.08. The highest BCUT2D eigenvalue weighted by molar-refractivity contribution is 5.99. The minimum Gasteiger partial charge on any atom is -0.409 e. The van der Waals surface area contributed by atoms with E-state index in [9.17, 15) is 9.59 Å².